The quantitative estimate of drug-likeness (QED) is 0.0262. The number of hydrogen-bond donors (Lipinski definition) is 0. The predicted molar refractivity (Wildman–Crippen MR) is 297 cm³/mol. The second-order valence-electron chi connectivity index (χ2n) is 17.3. The fraction of sp³-hybridized carbons (Fsp3) is 0.571. The van der Waals surface area contributed by atoms with E-state index in [2.05, 4.69) is 154 Å². The van der Waals surface area contributed by atoms with Gasteiger partial charge in [0, 0.05) is 19.3 Å². The molecule has 0 aromatic heterocycles. The molecule has 69 heavy (non-hydrogen) atoms. The molecule has 0 saturated heterocycles. The third-order valence-electron chi connectivity index (χ3n) is 10.8. The van der Waals surface area contributed by atoms with Gasteiger partial charge in [-0.25, -0.2) is 0 Å². The summed E-state index contributed by atoms with van der Waals surface area (Å²) in [6.45, 7) is 6.17. The maximum absolute atomic E-state index is 12.8. The lowest BCUT2D eigenvalue weighted by Crippen LogP contribution is -2.30. The molecule has 386 valence electrons. The maximum Gasteiger partial charge on any atom is 0.306 e. The summed E-state index contributed by atoms with van der Waals surface area (Å²) in [5, 5.41) is 0. The molecule has 1 atom stereocenters. The molecule has 0 saturated carbocycles. The van der Waals surface area contributed by atoms with Crippen molar-refractivity contribution in [2.75, 3.05) is 13.2 Å². The van der Waals surface area contributed by atoms with Crippen LogP contribution in [0.5, 0.6) is 0 Å². The number of carbonyl (C=O) groups is 3. The minimum Gasteiger partial charge on any atom is -0.462 e. The van der Waals surface area contributed by atoms with Crippen LogP contribution in [-0.4, -0.2) is 37.2 Å². The van der Waals surface area contributed by atoms with Crippen molar-refractivity contribution >= 4 is 17.9 Å². The van der Waals surface area contributed by atoms with E-state index >= 15 is 0 Å². The first-order valence-electron chi connectivity index (χ1n) is 27.3. The van der Waals surface area contributed by atoms with Crippen molar-refractivity contribution in [1.29, 1.82) is 0 Å². The van der Waals surface area contributed by atoms with Crippen molar-refractivity contribution in [2.24, 2.45) is 0 Å². The number of hydrogen-bond acceptors (Lipinski definition) is 6. The molecule has 0 aromatic rings. The first-order chi connectivity index (χ1) is 34.0. The van der Waals surface area contributed by atoms with Gasteiger partial charge in [0.2, 0.25) is 0 Å². The van der Waals surface area contributed by atoms with Gasteiger partial charge in [-0.1, -0.05) is 218 Å². The first kappa shape index (κ1) is 64.3. The second kappa shape index (κ2) is 55.9. The van der Waals surface area contributed by atoms with Crippen LogP contribution in [0, 0.1) is 0 Å². The van der Waals surface area contributed by atoms with Gasteiger partial charge in [0.1, 0.15) is 13.2 Å². The van der Waals surface area contributed by atoms with Crippen LogP contribution in [0.3, 0.4) is 0 Å². The molecule has 0 N–H and O–H groups in total. The zero-order valence-corrected chi connectivity index (χ0v) is 44.0. The largest absolute Gasteiger partial charge is 0.462 e. The molecule has 0 heterocycles. The highest BCUT2D eigenvalue weighted by Crippen LogP contribution is 2.13. The molecule has 0 fully saturated rings. The molecule has 0 aromatic carbocycles. The van der Waals surface area contributed by atoms with Crippen molar-refractivity contribution in [3.63, 3.8) is 0 Å². The van der Waals surface area contributed by atoms with Gasteiger partial charge in [-0.05, 0) is 122 Å². The Morgan fingerprint density at radius 1 is 0.290 bits per heavy atom. The highest BCUT2D eigenvalue weighted by molar-refractivity contribution is 5.71. The average molecular weight is 951 g/mol. The van der Waals surface area contributed by atoms with Crippen molar-refractivity contribution in [3.8, 4) is 0 Å². The Kier molecular flexibility index (Phi) is 52.1. The Morgan fingerprint density at radius 3 is 0.928 bits per heavy atom. The Balaban J connectivity index is 4.47. The fourth-order valence-corrected chi connectivity index (χ4v) is 6.85. The van der Waals surface area contributed by atoms with Crippen LogP contribution in [0.15, 0.2) is 146 Å². The van der Waals surface area contributed by atoms with Gasteiger partial charge < -0.3 is 14.2 Å². The van der Waals surface area contributed by atoms with Crippen LogP contribution in [0.2, 0.25) is 0 Å². The summed E-state index contributed by atoms with van der Waals surface area (Å²) in [4.78, 5) is 38.0. The average Bonchev–Trinajstić information content (AvgIpc) is 3.35. The van der Waals surface area contributed by atoms with E-state index in [0.29, 0.717) is 19.3 Å². The standard InChI is InChI=1S/C63H98O6/c1-4-7-10-13-16-19-22-25-27-28-29-30-31-32-33-34-36-38-41-44-47-50-53-56-62(65)68-59-60(58-67-61(64)55-52-49-46-43-40-37-24-21-18-15-12-9-6-3)69-63(66)57-54-51-48-45-42-39-35-26-23-20-17-14-11-8-5-2/h7-12,16-21,25-27,29-30,35,37,40,42,45-46,49,60H,4-6,13-15,22-24,28,31-34,36,38-39,41,43-44,47-48,50-59H2,1-3H3/b10-7-,11-8-,12-9-,19-16-,20-17-,21-18-,27-25-,30-29-,35-26-,40-37-,45-42-,49-46-. The van der Waals surface area contributed by atoms with Gasteiger partial charge in [-0.2, -0.15) is 0 Å². The van der Waals surface area contributed by atoms with E-state index in [1.807, 2.05) is 12.2 Å². The number of esters is 3. The van der Waals surface area contributed by atoms with Gasteiger partial charge >= 0.3 is 17.9 Å². The van der Waals surface area contributed by atoms with E-state index in [1.165, 1.54) is 51.4 Å². The monoisotopic (exact) mass is 951 g/mol. The van der Waals surface area contributed by atoms with Crippen LogP contribution in [0.4, 0.5) is 0 Å². The summed E-state index contributed by atoms with van der Waals surface area (Å²) in [6, 6.07) is 0. The predicted octanol–water partition coefficient (Wildman–Crippen LogP) is 18.4. The smallest absolute Gasteiger partial charge is 0.306 e. The lowest BCUT2D eigenvalue weighted by molar-refractivity contribution is -0.166. The molecule has 0 spiro atoms. The van der Waals surface area contributed by atoms with Crippen molar-refractivity contribution in [1.82, 2.24) is 0 Å². The van der Waals surface area contributed by atoms with Crippen molar-refractivity contribution in [2.45, 2.75) is 219 Å². The van der Waals surface area contributed by atoms with E-state index in [0.717, 1.165) is 109 Å². The highest BCUT2D eigenvalue weighted by Gasteiger charge is 2.19. The van der Waals surface area contributed by atoms with E-state index in [9.17, 15) is 14.4 Å². The molecule has 0 aliphatic heterocycles. The SMILES string of the molecule is CC/C=C\C/C=C\C/C=C\C/C=C\CCCCCCCCCCCCC(=O)OCC(COC(=O)CC/C=C\C/C=C\C/C=C\C/C=C\CC)OC(=O)CCCC/C=C\C/C=C\C/C=C\C/C=C\CC. The summed E-state index contributed by atoms with van der Waals surface area (Å²) in [5.74, 6) is -1.07. The van der Waals surface area contributed by atoms with Crippen molar-refractivity contribution in [3.05, 3.63) is 146 Å². The third-order valence-corrected chi connectivity index (χ3v) is 10.8. The Morgan fingerprint density at radius 2 is 0.551 bits per heavy atom. The number of ether oxygens (including phenoxy) is 3. The molecule has 0 rings (SSSR count). The second-order valence-corrected chi connectivity index (χ2v) is 17.3. The summed E-state index contributed by atoms with van der Waals surface area (Å²) in [6.07, 6.45) is 80.0. The summed E-state index contributed by atoms with van der Waals surface area (Å²) >= 11 is 0. The Bertz CT molecular complexity index is 1560. The fourth-order valence-electron chi connectivity index (χ4n) is 6.85. The third kappa shape index (κ3) is 54.1. The van der Waals surface area contributed by atoms with Gasteiger partial charge in [0.25, 0.3) is 0 Å². The van der Waals surface area contributed by atoms with Gasteiger partial charge in [0.15, 0.2) is 6.10 Å². The molecule has 1 unspecified atom stereocenters. The van der Waals surface area contributed by atoms with Gasteiger partial charge in [0.05, 0.1) is 0 Å². The number of unbranched alkanes of at least 4 members (excludes halogenated alkanes) is 12. The molecule has 0 radical (unpaired) electrons. The number of rotatable bonds is 47. The zero-order chi connectivity index (χ0) is 50.0. The van der Waals surface area contributed by atoms with Crippen LogP contribution >= 0.6 is 0 Å². The van der Waals surface area contributed by atoms with E-state index < -0.39 is 6.10 Å². The maximum atomic E-state index is 12.8. The molecule has 0 aliphatic carbocycles. The minimum absolute atomic E-state index is 0.125. The molecule has 0 bridgehead atoms. The molecule has 6 heteroatoms. The van der Waals surface area contributed by atoms with Crippen LogP contribution in [0.25, 0.3) is 0 Å². The molecule has 6 nitrogen and oxygen atoms in total. The summed E-state index contributed by atoms with van der Waals surface area (Å²) < 4.78 is 16.7. The van der Waals surface area contributed by atoms with E-state index in [4.69, 9.17) is 14.2 Å². The number of carbonyl (C=O) groups excluding carboxylic acids is 3. The van der Waals surface area contributed by atoms with E-state index in [-0.39, 0.29) is 44.0 Å². The molecular weight excluding hydrogens is 853 g/mol. The number of allylic oxidation sites excluding steroid dienone is 24. The van der Waals surface area contributed by atoms with Crippen LogP contribution in [-0.2, 0) is 28.6 Å². The Hall–Kier alpha value is -4.71. The lowest BCUT2D eigenvalue weighted by atomic mass is 10.1. The van der Waals surface area contributed by atoms with Gasteiger partial charge in [-0.3, -0.25) is 14.4 Å². The molecular formula is C63H98O6. The Labute approximate surface area is 423 Å². The van der Waals surface area contributed by atoms with E-state index in [1.54, 1.807) is 0 Å². The topological polar surface area (TPSA) is 78.9 Å². The van der Waals surface area contributed by atoms with Crippen LogP contribution < -0.4 is 0 Å². The normalized spacial score (nSPS) is 13.3. The first-order valence-corrected chi connectivity index (χ1v) is 27.3. The zero-order valence-electron chi connectivity index (χ0n) is 44.0. The van der Waals surface area contributed by atoms with Crippen molar-refractivity contribution < 1.29 is 28.6 Å². The highest BCUT2D eigenvalue weighted by atomic mass is 16.6. The molecule has 0 amide bonds. The molecule has 0 aliphatic rings. The van der Waals surface area contributed by atoms with Crippen LogP contribution in [0.1, 0.15) is 213 Å². The summed E-state index contributed by atoms with van der Waals surface area (Å²) in [5.41, 5.74) is 0. The lowest BCUT2D eigenvalue weighted by Gasteiger charge is -2.18. The van der Waals surface area contributed by atoms with Gasteiger partial charge in [-0.15, -0.1) is 0 Å². The minimum atomic E-state index is -0.836. The summed E-state index contributed by atoms with van der Waals surface area (Å²) in [7, 11) is 0.